The predicted molar refractivity (Wildman–Crippen MR) is 113 cm³/mol. The van der Waals surface area contributed by atoms with Crippen LogP contribution in [0.2, 0.25) is 0 Å². The zero-order valence-electron chi connectivity index (χ0n) is 16.5. The van der Waals surface area contributed by atoms with Crippen LogP contribution in [0.5, 0.6) is 0 Å². The Hall–Kier alpha value is -2.08. The van der Waals surface area contributed by atoms with E-state index in [9.17, 15) is 13.2 Å². The quantitative estimate of drug-likeness (QED) is 0.383. The lowest BCUT2D eigenvalue weighted by molar-refractivity contribution is -0.0798. The molecule has 0 spiro atoms. The Kier molecular flexibility index (Phi) is 8.30. The molecule has 0 saturated carbocycles. The minimum atomic E-state index is -4.27. The Morgan fingerprint density at radius 2 is 1.89 bits per heavy atom. The molecule has 1 N–H and O–H groups in total. The highest BCUT2D eigenvalue weighted by atomic mass is 32.2. The SMILES string of the molecule is CCN(CC)c1ccc(SNC2=CCC(/C=C(C)/C=C/C(F)(F)F)C=C2)cc1. The summed E-state index contributed by atoms with van der Waals surface area (Å²) in [5, 5.41) is 0. The molecular formula is C22H27F3N2S. The van der Waals surface area contributed by atoms with Crippen LogP contribution in [-0.2, 0) is 0 Å². The van der Waals surface area contributed by atoms with Crippen LogP contribution < -0.4 is 9.62 Å². The summed E-state index contributed by atoms with van der Waals surface area (Å²) in [5.74, 6) is 0.113. The van der Waals surface area contributed by atoms with Crippen LogP contribution in [0.15, 0.2) is 76.9 Å². The fourth-order valence-corrected chi connectivity index (χ4v) is 3.55. The van der Waals surface area contributed by atoms with Gasteiger partial charge in [0.25, 0.3) is 0 Å². The van der Waals surface area contributed by atoms with Gasteiger partial charge < -0.3 is 9.62 Å². The Labute approximate surface area is 170 Å². The zero-order valence-corrected chi connectivity index (χ0v) is 17.3. The van der Waals surface area contributed by atoms with Crippen molar-refractivity contribution in [1.82, 2.24) is 4.72 Å². The first-order chi connectivity index (χ1) is 13.3. The summed E-state index contributed by atoms with van der Waals surface area (Å²) in [6, 6.07) is 8.45. The molecule has 1 unspecified atom stereocenters. The standard InChI is InChI=1S/C22H27F3N2S/c1-4-27(5-2)20-10-12-21(13-11-20)28-26-19-8-6-18(7-9-19)16-17(3)14-15-22(23,24)25/h6,8-16,18,26H,4-5,7H2,1-3H3/b15-14+,17-16+. The van der Waals surface area contributed by atoms with Crippen LogP contribution in [0.3, 0.4) is 0 Å². The fraction of sp³-hybridized carbons (Fsp3) is 0.364. The number of benzene rings is 1. The fourth-order valence-electron chi connectivity index (χ4n) is 2.89. The van der Waals surface area contributed by atoms with Gasteiger partial charge in [0.2, 0.25) is 0 Å². The van der Waals surface area contributed by atoms with E-state index < -0.39 is 6.18 Å². The number of hydrogen-bond acceptors (Lipinski definition) is 3. The molecule has 1 aromatic rings. The summed E-state index contributed by atoms with van der Waals surface area (Å²) in [4.78, 5) is 3.42. The second-order valence-electron chi connectivity index (χ2n) is 6.57. The molecule has 0 fully saturated rings. The Bertz CT molecular complexity index is 742. The van der Waals surface area contributed by atoms with Crippen LogP contribution >= 0.6 is 11.9 Å². The molecule has 0 radical (unpaired) electrons. The summed E-state index contributed by atoms with van der Waals surface area (Å²) in [5.41, 5.74) is 2.83. The lowest BCUT2D eigenvalue weighted by Gasteiger charge is -2.21. The topological polar surface area (TPSA) is 15.3 Å². The second kappa shape index (κ2) is 10.5. The van der Waals surface area contributed by atoms with Gasteiger partial charge in [-0.05, 0) is 75.4 Å². The minimum Gasteiger partial charge on any atom is -0.372 e. The van der Waals surface area contributed by atoms with E-state index in [-0.39, 0.29) is 12.0 Å². The van der Waals surface area contributed by atoms with Gasteiger partial charge in [-0.3, -0.25) is 0 Å². The normalized spacial score (nSPS) is 17.7. The maximum Gasteiger partial charge on any atom is 0.409 e. The first-order valence-electron chi connectivity index (χ1n) is 9.41. The van der Waals surface area contributed by atoms with Gasteiger partial charge in [0.05, 0.1) is 0 Å². The van der Waals surface area contributed by atoms with Crippen molar-refractivity contribution in [2.24, 2.45) is 5.92 Å². The molecule has 6 heteroatoms. The van der Waals surface area contributed by atoms with Gasteiger partial charge in [0.15, 0.2) is 0 Å². The second-order valence-corrected chi connectivity index (χ2v) is 7.45. The van der Waals surface area contributed by atoms with Crippen molar-refractivity contribution in [3.8, 4) is 0 Å². The van der Waals surface area contributed by atoms with Crippen molar-refractivity contribution in [2.75, 3.05) is 18.0 Å². The summed E-state index contributed by atoms with van der Waals surface area (Å²) >= 11 is 1.55. The molecule has 0 saturated heterocycles. The van der Waals surface area contributed by atoms with Gasteiger partial charge in [-0.2, -0.15) is 13.2 Å². The van der Waals surface area contributed by atoms with E-state index in [1.807, 2.05) is 18.2 Å². The van der Waals surface area contributed by atoms with Crippen molar-refractivity contribution < 1.29 is 13.2 Å². The largest absolute Gasteiger partial charge is 0.409 e. The van der Waals surface area contributed by atoms with Gasteiger partial charge in [0.1, 0.15) is 0 Å². The van der Waals surface area contributed by atoms with Gasteiger partial charge in [-0.1, -0.05) is 29.9 Å². The number of halogens is 3. The first-order valence-corrected chi connectivity index (χ1v) is 10.2. The highest BCUT2D eigenvalue weighted by molar-refractivity contribution is 7.97. The molecule has 1 atom stereocenters. The van der Waals surface area contributed by atoms with Crippen LogP contribution in [0, 0.1) is 5.92 Å². The molecule has 2 nitrogen and oxygen atoms in total. The Morgan fingerprint density at radius 1 is 1.21 bits per heavy atom. The van der Waals surface area contributed by atoms with Crippen molar-refractivity contribution in [1.29, 1.82) is 0 Å². The third-order valence-electron chi connectivity index (χ3n) is 4.40. The maximum atomic E-state index is 12.2. The van der Waals surface area contributed by atoms with E-state index in [1.54, 1.807) is 18.9 Å². The van der Waals surface area contributed by atoms with E-state index >= 15 is 0 Å². The van der Waals surface area contributed by atoms with E-state index in [0.29, 0.717) is 5.57 Å². The number of hydrogen-bond donors (Lipinski definition) is 1. The molecule has 2 rings (SSSR count). The Morgan fingerprint density at radius 3 is 2.43 bits per heavy atom. The monoisotopic (exact) mass is 408 g/mol. The number of nitrogens with zero attached hydrogens (tertiary/aromatic N) is 1. The van der Waals surface area contributed by atoms with E-state index in [1.165, 1.54) is 5.69 Å². The van der Waals surface area contributed by atoms with E-state index in [0.717, 1.165) is 36.2 Å². The molecule has 28 heavy (non-hydrogen) atoms. The number of rotatable bonds is 8. The maximum absolute atomic E-state index is 12.2. The molecular weight excluding hydrogens is 381 g/mol. The first kappa shape index (κ1) is 22.2. The molecule has 0 bridgehead atoms. The third kappa shape index (κ3) is 7.50. The average molecular weight is 409 g/mol. The lowest BCUT2D eigenvalue weighted by Crippen LogP contribution is -2.21. The van der Waals surface area contributed by atoms with Crippen molar-refractivity contribution in [2.45, 2.75) is 38.3 Å². The molecule has 0 aliphatic heterocycles. The molecule has 152 valence electrons. The van der Waals surface area contributed by atoms with Crippen LogP contribution in [-0.4, -0.2) is 19.3 Å². The molecule has 1 aliphatic rings. The van der Waals surface area contributed by atoms with Gasteiger partial charge in [-0.15, -0.1) is 0 Å². The van der Waals surface area contributed by atoms with Gasteiger partial charge >= 0.3 is 6.18 Å². The minimum absolute atomic E-state index is 0.113. The molecule has 1 aromatic carbocycles. The number of alkyl halides is 3. The summed E-state index contributed by atoms with van der Waals surface area (Å²) < 4.78 is 40.0. The smallest absolute Gasteiger partial charge is 0.372 e. The van der Waals surface area contributed by atoms with E-state index in [4.69, 9.17) is 0 Å². The van der Waals surface area contributed by atoms with Crippen LogP contribution in [0.1, 0.15) is 27.2 Å². The third-order valence-corrected chi connectivity index (χ3v) is 5.24. The predicted octanol–water partition coefficient (Wildman–Crippen LogP) is 6.65. The van der Waals surface area contributed by atoms with Gasteiger partial charge in [0, 0.05) is 35.4 Å². The zero-order chi connectivity index (χ0) is 20.6. The number of nitrogens with one attached hydrogen (secondary N) is 1. The molecule has 1 aliphatic carbocycles. The number of anilines is 1. The van der Waals surface area contributed by atoms with Gasteiger partial charge in [-0.25, -0.2) is 0 Å². The van der Waals surface area contributed by atoms with Crippen LogP contribution in [0.25, 0.3) is 0 Å². The molecule has 0 aromatic heterocycles. The highest BCUT2D eigenvalue weighted by Gasteiger charge is 2.21. The summed E-state index contributed by atoms with van der Waals surface area (Å²) in [7, 11) is 0. The number of allylic oxidation sites excluding steroid dienone is 7. The average Bonchev–Trinajstić information content (AvgIpc) is 2.67. The van der Waals surface area contributed by atoms with Crippen molar-refractivity contribution in [3.63, 3.8) is 0 Å². The van der Waals surface area contributed by atoms with E-state index in [2.05, 4.69) is 53.8 Å². The lowest BCUT2D eigenvalue weighted by atomic mass is 9.97. The summed E-state index contributed by atoms with van der Waals surface area (Å²) in [6.07, 6.45) is 5.79. The summed E-state index contributed by atoms with van der Waals surface area (Å²) in [6.45, 7) is 7.95. The molecule has 0 heterocycles. The van der Waals surface area contributed by atoms with Crippen molar-refractivity contribution in [3.05, 3.63) is 72.0 Å². The Balaban J connectivity index is 1.84. The van der Waals surface area contributed by atoms with Crippen molar-refractivity contribution >= 4 is 17.6 Å². The highest BCUT2D eigenvalue weighted by Crippen LogP contribution is 2.24. The molecule has 0 amide bonds. The van der Waals surface area contributed by atoms with Crippen LogP contribution in [0.4, 0.5) is 18.9 Å².